The molecule has 1 atom stereocenters. The lowest BCUT2D eigenvalue weighted by atomic mass is 10.1. The van der Waals surface area contributed by atoms with Crippen molar-refractivity contribution in [3.8, 4) is 0 Å². The van der Waals surface area contributed by atoms with Crippen molar-refractivity contribution in [1.29, 1.82) is 0 Å². The number of carbonyl (C=O) groups is 1. The quantitative estimate of drug-likeness (QED) is 0.809. The smallest absolute Gasteiger partial charge is 0.168 e. The molecule has 0 saturated carbocycles. The Morgan fingerprint density at radius 3 is 3.00 bits per heavy atom. The van der Waals surface area contributed by atoms with Gasteiger partial charge in [-0.05, 0) is 17.7 Å². The van der Waals surface area contributed by atoms with Gasteiger partial charge in [0.2, 0.25) is 0 Å². The average Bonchev–Trinajstić information content (AvgIpc) is 2.30. The molecule has 0 amide bonds. The Labute approximate surface area is 99.3 Å². The van der Waals surface area contributed by atoms with Gasteiger partial charge in [0.25, 0.3) is 0 Å². The summed E-state index contributed by atoms with van der Waals surface area (Å²) in [5, 5.41) is 0.645. The van der Waals surface area contributed by atoms with E-state index in [2.05, 4.69) is 0 Å². The molecule has 0 N–H and O–H groups in total. The fourth-order valence-corrected chi connectivity index (χ4v) is 1.85. The van der Waals surface area contributed by atoms with Crippen LogP contribution in [0.25, 0.3) is 0 Å². The number of hydrogen-bond acceptors (Lipinski definition) is 3. The average molecular weight is 241 g/mol. The summed E-state index contributed by atoms with van der Waals surface area (Å²) >= 11 is 5.85. The first-order chi connectivity index (χ1) is 7.75. The molecular formula is C12H13ClO3. The summed E-state index contributed by atoms with van der Waals surface area (Å²) in [6.45, 7) is 1.42. The predicted molar refractivity (Wildman–Crippen MR) is 60.7 cm³/mol. The van der Waals surface area contributed by atoms with E-state index in [0.717, 1.165) is 5.56 Å². The zero-order valence-corrected chi connectivity index (χ0v) is 9.57. The largest absolute Gasteiger partial charge is 0.376 e. The summed E-state index contributed by atoms with van der Waals surface area (Å²) < 4.78 is 10.5. The molecule has 2 rings (SSSR count). The molecule has 0 radical (unpaired) electrons. The van der Waals surface area contributed by atoms with Crippen molar-refractivity contribution in [3.05, 3.63) is 34.9 Å². The van der Waals surface area contributed by atoms with E-state index in [9.17, 15) is 4.79 Å². The summed E-state index contributed by atoms with van der Waals surface area (Å²) in [7, 11) is 0. The highest BCUT2D eigenvalue weighted by Crippen LogP contribution is 2.13. The van der Waals surface area contributed by atoms with Crippen LogP contribution in [0.3, 0.4) is 0 Å². The van der Waals surface area contributed by atoms with Gasteiger partial charge >= 0.3 is 0 Å². The van der Waals surface area contributed by atoms with Gasteiger partial charge in [0, 0.05) is 11.4 Å². The normalized spacial score (nSPS) is 20.7. The zero-order chi connectivity index (χ0) is 11.4. The summed E-state index contributed by atoms with van der Waals surface area (Å²) in [5.41, 5.74) is 0.909. The first kappa shape index (κ1) is 11.6. The first-order valence-electron chi connectivity index (χ1n) is 5.22. The van der Waals surface area contributed by atoms with Crippen LogP contribution < -0.4 is 0 Å². The number of halogens is 1. The number of benzene rings is 1. The molecule has 4 heteroatoms. The van der Waals surface area contributed by atoms with E-state index in [1.807, 2.05) is 12.1 Å². The monoisotopic (exact) mass is 240 g/mol. The summed E-state index contributed by atoms with van der Waals surface area (Å²) in [6, 6.07) is 7.30. The van der Waals surface area contributed by atoms with Crippen molar-refractivity contribution in [1.82, 2.24) is 0 Å². The van der Waals surface area contributed by atoms with Crippen molar-refractivity contribution in [2.75, 3.05) is 19.8 Å². The van der Waals surface area contributed by atoms with Gasteiger partial charge in [0.15, 0.2) is 5.78 Å². The minimum Gasteiger partial charge on any atom is -0.376 e. The van der Waals surface area contributed by atoms with Crippen LogP contribution in [0.15, 0.2) is 24.3 Å². The number of ether oxygens (including phenoxy) is 2. The van der Waals surface area contributed by atoms with Gasteiger partial charge in [-0.2, -0.15) is 0 Å². The predicted octanol–water partition coefficient (Wildman–Crippen LogP) is 1.87. The van der Waals surface area contributed by atoms with Gasteiger partial charge in [-0.25, -0.2) is 0 Å². The molecule has 0 aliphatic carbocycles. The standard InChI is InChI=1S/C12H13ClO3/c13-10-3-1-2-9(6-10)7-11(14)12-8-15-4-5-16-12/h1-3,6,12H,4-5,7-8H2. The van der Waals surface area contributed by atoms with Crippen molar-refractivity contribution >= 4 is 17.4 Å². The Morgan fingerprint density at radius 2 is 2.31 bits per heavy atom. The van der Waals surface area contributed by atoms with Gasteiger partial charge in [0.1, 0.15) is 6.10 Å². The van der Waals surface area contributed by atoms with E-state index in [1.165, 1.54) is 0 Å². The van der Waals surface area contributed by atoms with Crippen molar-refractivity contribution in [2.24, 2.45) is 0 Å². The van der Waals surface area contributed by atoms with E-state index in [0.29, 0.717) is 31.3 Å². The van der Waals surface area contributed by atoms with E-state index >= 15 is 0 Å². The Balaban J connectivity index is 1.96. The molecule has 16 heavy (non-hydrogen) atoms. The zero-order valence-electron chi connectivity index (χ0n) is 8.82. The molecule has 1 aliphatic rings. The second kappa shape index (κ2) is 5.43. The molecule has 1 unspecified atom stereocenters. The van der Waals surface area contributed by atoms with Gasteiger partial charge < -0.3 is 9.47 Å². The first-order valence-corrected chi connectivity index (χ1v) is 5.60. The third-order valence-electron chi connectivity index (χ3n) is 2.44. The lowest BCUT2D eigenvalue weighted by molar-refractivity contribution is -0.144. The second-order valence-corrected chi connectivity index (χ2v) is 4.14. The lowest BCUT2D eigenvalue weighted by Crippen LogP contribution is -2.36. The van der Waals surface area contributed by atoms with Gasteiger partial charge in [-0.3, -0.25) is 4.79 Å². The third kappa shape index (κ3) is 3.04. The minimum atomic E-state index is -0.423. The lowest BCUT2D eigenvalue weighted by Gasteiger charge is -2.21. The summed E-state index contributed by atoms with van der Waals surface area (Å²) in [4.78, 5) is 11.8. The van der Waals surface area contributed by atoms with Crippen LogP contribution >= 0.6 is 11.6 Å². The summed E-state index contributed by atoms with van der Waals surface area (Å²) in [5.74, 6) is 0.0435. The molecule has 0 aromatic heterocycles. The van der Waals surface area contributed by atoms with Crippen LogP contribution in [-0.2, 0) is 20.7 Å². The van der Waals surface area contributed by atoms with Crippen molar-refractivity contribution in [3.63, 3.8) is 0 Å². The van der Waals surface area contributed by atoms with Crippen molar-refractivity contribution < 1.29 is 14.3 Å². The molecular weight excluding hydrogens is 228 g/mol. The van der Waals surface area contributed by atoms with Gasteiger partial charge in [0.05, 0.1) is 19.8 Å². The molecule has 0 bridgehead atoms. The van der Waals surface area contributed by atoms with Crippen LogP contribution in [0.2, 0.25) is 5.02 Å². The van der Waals surface area contributed by atoms with E-state index < -0.39 is 6.10 Å². The second-order valence-electron chi connectivity index (χ2n) is 3.71. The van der Waals surface area contributed by atoms with Gasteiger partial charge in [-0.15, -0.1) is 0 Å². The fourth-order valence-electron chi connectivity index (χ4n) is 1.64. The Hall–Kier alpha value is -0.900. The van der Waals surface area contributed by atoms with E-state index in [-0.39, 0.29) is 5.78 Å². The maximum Gasteiger partial charge on any atom is 0.168 e. The van der Waals surface area contributed by atoms with E-state index in [1.54, 1.807) is 12.1 Å². The molecule has 1 saturated heterocycles. The highest BCUT2D eigenvalue weighted by molar-refractivity contribution is 6.30. The van der Waals surface area contributed by atoms with Crippen molar-refractivity contribution in [2.45, 2.75) is 12.5 Å². The minimum absolute atomic E-state index is 0.0435. The maximum atomic E-state index is 11.8. The fraction of sp³-hybridized carbons (Fsp3) is 0.417. The number of ketones is 1. The van der Waals surface area contributed by atoms with Crippen LogP contribution in [0.5, 0.6) is 0 Å². The maximum absolute atomic E-state index is 11.8. The number of Topliss-reactive ketones (excluding diaryl/α,β-unsaturated/α-hetero) is 1. The number of hydrogen-bond donors (Lipinski definition) is 0. The molecule has 0 spiro atoms. The molecule has 86 valence electrons. The molecule has 1 aliphatic heterocycles. The van der Waals surface area contributed by atoms with Crippen LogP contribution in [0, 0.1) is 0 Å². The Kier molecular flexibility index (Phi) is 3.93. The molecule has 1 aromatic rings. The Bertz CT molecular complexity index is 372. The highest BCUT2D eigenvalue weighted by atomic mass is 35.5. The van der Waals surface area contributed by atoms with E-state index in [4.69, 9.17) is 21.1 Å². The molecule has 1 heterocycles. The SMILES string of the molecule is O=C(Cc1cccc(Cl)c1)C1COCCO1. The van der Waals surface area contributed by atoms with Gasteiger partial charge in [-0.1, -0.05) is 23.7 Å². The number of carbonyl (C=O) groups excluding carboxylic acids is 1. The van der Waals surface area contributed by atoms with Crippen LogP contribution in [-0.4, -0.2) is 31.7 Å². The topological polar surface area (TPSA) is 35.5 Å². The third-order valence-corrected chi connectivity index (χ3v) is 2.68. The summed E-state index contributed by atoms with van der Waals surface area (Å²) in [6.07, 6.45) is -0.0815. The van der Waals surface area contributed by atoms with Crippen LogP contribution in [0.4, 0.5) is 0 Å². The molecule has 1 fully saturated rings. The molecule has 3 nitrogen and oxygen atoms in total. The number of rotatable bonds is 3. The van der Waals surface area contributed by atoms with Crippen LogP contribution in [0.1, 0.15) is 5.56 Å². The Morgan fingerprint density at radius 1 is 1.44 bits per heavy atom. The molecule has 1 aromatic carbocycles. The highest BCUT2D eigenvalue weighted by Gasteiger charge is 2.22.